The van der Waals surface area contributed by atoms with Gasteiger partial charge in [0.05, 0.1) is 19.9 Å². The topological polar surface area (TPSA) is 86.5 Å². The lowest BCUT2D eigenvalue weighted by Gasteiger charge is -2.08. The Hall–Kier alpha value is -3.35. The van der Waals surface area contributed by atoms with Crippen LogP contribution in [0, 0.1) is 0 Å². The van der Waals surface area contributed by atoms with E-state index in [1.807, 2.05) is 24.3 Å². The Morgan fingerprint density at radius 3 is 2.56 bits per heavy atom. The Morgan fingerprint density at radius 2 is 1.84 bits per heavy atom. The van der Waals surface area contributed by atoms with Crippen molar-refractivity contribution in [3.63, 3.8) is 0 Å². The third kappa shape index (κ3) is 3.95. The molecule has 0 radical (unpaired) electrons. The number of hydrogen-bond acceptors (Lipinski definition) is 6. The maximum absolute atomic E-state index is 12.2. The highest BCUT2D eigenvalue weighted by molar-refractivity contribution is 5.93. The molecule has 1 N–H and O–H groups in total. The monoisotopic (exact) mass is 339 g/mol. The summed E-state index contributed by atoms with van der Waals surface area (Å²) in [7, 11) is 3.14. The smallest absolute Gasteiger partial charge is 0.236 e. The number of para-hydroxylation sites is 2. The van der Waals surface area contributed by atoms with E-state index in [2.05, 4.69) is 15.5 Å². The van der Waals surface area contributed by atoms with Crippen molar-refractivity contribution in [1.82, 2.24) is 10.1 Å². The number of carbonyl (C=O) groups is 1. The molecule has 3 aromatic rings. The average Bonchev–Trinajstić information content (AvgIpc) is 3.10. The molecule has 7 heteroatoms. The summed E-state index contributed by atoms with van der Waals surface area (Å²) in [6, 6.07) is 14.4. The molecule has 0 fully saturated rings. The van der Waals surface area contributed by atoms with Crippen molar-refractivity contribution < 1.29 is 18.8 Å². The maximum atomic E-state index is 12.2. The molecule has 128 valence electrons. The van der Waals surface area contributed by atoms with E-state index in [-0.39, 0.29) is 18.2 Å². The molecule has 0 aliphatic rings. The molecule has 3 rings (SSSR count). The third-order valence-electron chi connectivity index (χ3n) is 3.51. The van der Waals surface area contributed by atoms with Gasteiger partial charge in [0.2, 0.25) is 17.6 Å². The van der Waals surface area contributed by atoms with Crippen LogP contribution in [-0.4, -0.2) is 30.3 Å². The lowest BCUT2D eigenvalue weighted by molar-refractivity contribution is -0.115. The summed E-state index contributed by atoms with van der Waals surface area (Å²) in [4.78, 5) is 16.4. The summed E-state index contributed by atoms with van der Waals surface area (Å²) in [5, 5.41) is 6.67. The minimum Gasteiger partial charge on any atom is -0.497 e. The van der Waals surface area contributed by atoms with Crippen molar-refractivity contribution in [3.05, 3.63) is 54.4 Å². The Morgan fingerprint density at radius 1 is 1.08 bits per heavy atom. The van der Waals surface area contributed by atoms with Crippen molar-refractivity contribution in [2.75, 3.05) is 19.5 Å². The Bertz CT molecular complexity index is 859. The number of nitrogens with zero attached hydrogens (tertiary/aromatic N) is 2. The first-order valence-electron chi connectivity index (χ1n) is 7.59. The molecule has 0 spiro atoms. The number of aromatic nitrogens is 2. The number of amides is 1. The summed E-state index contributed by atoms with van der Waals surface area (Å²) >= 11 is 0. The molecule has 7 nitrogen and oxygen atoms in total. The molecular weight excluding hydrogens is 322 g/mol. The fraction of sp³-hybridized carbons (Fsp3) is 0.167. The molecule has 1 amide bonds. The van der Waals surface area contributed by atoms with Crippen LogP contribution in [-0.2, 0) is 11.2 Å². The van der Waals surface area contributed by atoms with Crippen LogP contribution in [0.15, 0.2) is 53.1 Å². The zero-order valence-electron chi connectivity index (χ0n) is 13.9. The van der Waals surface area contributed by atoms with Crippen LogP contribution in [0.5, 0.6) is 11.5 Å². The van der Waals surface area contributed by atoms with Gasteiger partial charge in [0, 0.05) is 5.56 Å². The van der Waals surface area contributed by atoms with Gasteiger partial charge >= 0.3 is 0 Å². The van der Waals surface area contributed by atoms with Crippen LogP contribution in [0.1, 0.15) is 5.89 Å². The van der Waals surface area contributed by atoms with Gasteiger partial charge < -0.3 is 19.3 Å². The molecule has 2 aromatic carbocycles. The van der Waals surface area contributed by atoms with Gasteiger partial charge in [-0.15, -0.1) is 0 Å². The van der Waals surface area contributed by atoms with Crippen LogP contribution in [0.25, 0.3) is 11.4 Å². The van der Waals surface area contributed by atoms with E-state index >= 15 is 0 Å². The lowest BCUT2D eigenvalue weighted by Crippen LogP contribution is -2.15. The number of benzene rings is 2. The van der Waals surface area contributed by atoms with E-state index < -0.39 is 0 Å². The SMILES string of the molecule is COc1ccc(-c2noc(CC(=O)Nc3ccccc3OC)n2)cc1. The minimum atomic E-state index is -0.269. The van der Waals surface area contributed by atoms with Crippen LogP contribution in [0.3, 0.4) is 0 Å². The number of methoxy groups -OCH3 is 2. The second-order valence-corrected chi connectivity index (χ2v) is 5.17. The number of nitrogens with one attached hydrogen (secondary N) is 1. The molecule has 0 saturated carbocycles. The second-order valence-electron chi connectivity index (χ2n) is 5.17. The summed E-state index contributed by atoms with van der Waals surface area (Å²) in [6.07, 6.45) is -0.0266. The van der Waals surface area contributed by atoms with Crippen LogP contribution in [0.4, 0.5) is 5.69 Å². The van der Waals surface area contributed by atoms with Gasteiger partial charge in [-0.25, -0.2) is 0 Å². The van der Waals surface area contributed by atoms with Gasteiger partial charge in [0.25, 0.3) is 0 Å². The van der Waals surface area contributed by atoms with Crippen LogP contribution < -0.4 is 14.8 Å². The standard InChI is InChI=1S/C18H17N3O4/c1-23-13-9-7-12(8-10-13)18-20-17(25-21-18)11-16(22)19-14-5-3-4-6-15(14)24-2/h3-10H,11H2,1-2H3,(H,19,22). The summed E-state index contributed by atoms with van der Waals surface area (Å²) in [6.45, 7) is 0. The molecule has 0 aliphatic carbocycles. The molecular formula is C18H17N3O4. The average molecular weight is 339 g/mol. The predicted octanol–water partition coefficient (Wildman–Crippen LogP) is 2.94. The highest BCUT2D eigenvalue weighted by Gasteiger charge is 2.14. The second kappa shape index (κ2) is 7.48. The van der Waals surface area contributed by atoms with Crippen molar-refractivity contribution >= 4 is 11.6 Å². The molecule has 0 saturated heterocycles. The molecule has 0 aliphatic heterocycles. The predicted molar refractivity (Wildman–Crippen MR) is 91.6 cm³/mol. The van der Waals surface area contributed by atoms with E-state index in [4.69, 9.17) is 14.0 Å². The Labute approximate surface area is 144 Å². The summed E-state index contributed by atoms with van der Waals surface area (Å²) in [5.74, 6) is 1.71. The summed E-state index contributed by atoms with van der Waals surface area (Å²) in [5.41, 5.74) is 1.37. The highest BCUT2D eigenvalue weighted by Crippen LogP contribution is 2.23. The zero-order valence-corrected chi connectivity index (χ0v) is 13.9. The molecule has 25 heavy (non-hydrogen) atoms. The first-order chi connectivity index (χ1) is 12.2. The van der Waals surface area contributed by atoms with Gasteiger partial charge in [-0.2, -0.15) is 4.98 Å². The first kappa shape index (κ1) is 16.5. The third-order valence-corrected chi connectivity index (χ3v) is 3.51. The van der Waals surface area contributed by atoms with E-state index in [0.717, 1.165) is 11.3 Å². The molecule has 0 atom stereocenters. The van der Waals surface area contributed by atoms with Crippen molar-refractivity contribution in [1.29, 1.82) is 0 Å². The highest BCUT2D eigenvalue weighted by atomic mass is 16.5. The van der Waals surface area contributed by atoms with Gasteiger partial charge in [-0.1, -0.05) is 17.3 Å². The van der Waals surface area contributed by atoms with Crippen molar-refractivity contribution in [2.45, 2.75) is 6.42 Å². The number of rotatable bonds is 6. The first-order valence-corrected chi connectivity index (χ1v) is 7.59. The number of ether oxygens (including phenoxy) is 2. The quantitative estimate of drug-likeness (QED) is 0.743. The maximum Gasteiger partial charge on any atom is 0.236 e. The molecule has 1 aromatic heterocycles. The Kier molecular flexibility index (Phi) is 4.94. The lowest BCUT2D eigenvalue weighted by atomic mass is 10.2. The number of hydrogen-bond donors (Lipinski definition) is 1. The fourth-order valence-electron chi connectivity index (χ4n) is 2.26. The number of anilines is 1. The van der Waals surface area contributed by atoms with Crippen molar-refractivity contribution in [3.8, 4) is 22.9 Å². The van der Waals surface area contributed by atoms with E-state index in [1.165, 1.54) is 0 Å². The summed E-state index contributed by atoms with van der Waals surface area (Å²) < 4.78 is 15.5. The van der Waals surface area contributed by atoms with Gasteiger partial charge in [0.1, 0.15) is 17.9 Å². The molecule has 1 heterocycles. The van der Waals surface area contributed by atoms with Gasteiger partial charge in [-0.05, 0) is 36.4 Å². The normalized spacial score (nSPS) is 10.3. The van der Waals surface area contributed by atoms with Crippen LogP contribution >= 0.6 is 0 Å². The zero-order chi connectivity index (χ0) is 17.6. The minimum absolute atomic E-state index is 0.0266. The van der Waals surface area contributed by atoms with Gasteiger partial charge in [0.15, 0.2) is 0 Å². The fourth-order valence-corrected chi connectivity index (χ4v) is 2.26. The van der Waals surface area contributed by atoms with Crippen LogP contribution in [0.2, 0.25) is 0 Å². The Balaban J connectivity index is 1.67. The number of carbonyl (C=O) groups excluding carboxylic acids is 1. The van der Waals surface area contributed by atoms with E-state index in [9.17, 15) is 4.79 Å². The van der Waals surface area contributed by atoms with E-state index in [1.54, 1.807) is 38.5 Å². The van der Waals surface area contributed by atoms with Gasteiger partial charge in [-0.3, -0.25) is 4.79 Å². The molecule has 0 bridgehead atoms. The van der Waals surface area contributed by atoms with E-state index in [0.29, 0.717) is 17.3 Å². The molecule has 0 unspecified atom stereocenters. The van der Waals surface area contributed by atoms with Crippen molar-refractivity contribution in [2.24, 2.45) is 0 Å². The largest absolute Gasteiger partial charge is 0.497 e.